The highest BCUT2D eigenvalue weighted by atomic mass is 32.1. The molecule has 0 saturated heterocycles. The van der Waals surface area contributed by atoms with Crippen LogP contribution < -0.4 is 5.32 Å². The summed E-state index contributed by atoms with van der Waals surface area (Å²) in [6, 6.07) is 0. The number of amides is 1. The van der Waals surface area contributed by atoms with Gasteiger partial charge in [0.2, 0.25) is 0 Å². The molecule has 17 heavy (non-hydrogen) atoms. The number of thiazole rings is 1. The number of carbonyl (C=O) groups excluding carboxylic acids is 1. The van der Waals surface area contributed by atoms with Gasteiger partial charge in [-0.15, -0.1) is 11.3 Å². The molecule has 5 nitrogen and oxygen atoms in total. The number of nitrogens with one attached hydrogen (secondary N) is 1. The molecule has 0 aliphatic heterocycles. The first-order valence-electron chi connectivity index (χ1n) is 5.08. The molecule has 0 radical (unpaired) electrons. The standard InChI is InChI=1S/C11H12N4OS/c1-11(2,10-14-5-6-17-10)15-9(16)8-7-12-3-4-13-8/h3-7H,1-2H3,(H,15,16). The van der Waals surface area contributed by atoms with Gasteiger partial charge in [-0.3, -0.25) is 9.78 Å². The molecule has 0 fully saturated rings. The van der Waals surface area contributed by atoms with Crippen molar-refractivity contribution in [1.82, 2.24) is 20.3 Å². The number of rotatable bonds is 3. The molecule has 2 aromatic rings. The molecule has 1 amide bonds. The quantitative estimate of drug-likeness (QED) is 0.895. The Morgan fingerprint density at radius 2 is 2.12 bits per heavy atom. The van der Waals surface area contributed by atoms with Crippen LogP contribution in [0.1, 0.15) is 29.3 Å². The van der Waals surface area contributed by atoms with Gasteiger partial charge in [-0.2, -0.15) is 0 Å². The normalized spacial score (nSPS) is 11.2. The summed E-state index contributed by atoms with van der Waals surface area (Å²) >= 11 is 1.51. The molecule has 0 aromatic carbocycles. The number of aromatic nitrogens is 3. The third kappa shape index (κ3) is 2.65. The Balaban J connectivity index is 2.14. The van der Waals surface area contributed by atoms with Crippen molar-refractivity contribution in [2.75, 3.05) is 0 Å². The van der Waals surface area contributed by atoms with E-state index in [9.17, 15) is 4.79 Å². The third-order valence-electron chi connectivity index (χ3n) is 2.19. The van der Waals surface area contributed by atoms with Crippen LogP contribution in [0.2, 0.25) is 0 Å². The van der Waals surface area contributed by atoms with Gasteiger partial charge in [0.25, 0.3) is 5.91 Å². The minimum atomic E-state index is -0.511. The van der Waals surface area contributed by atoms with E-state index < -0.39 is 5.54 Å². The molecular formula is C11H12N4OS. The van der Waals surface area contributed by atoms with Gasteiger partial charge in [0.1, 0.15) is 10.7 Å². The summed E-state index contributed by atoms with van der Waals surface area (Å²) in [5.74, 6) is -0.252. The van der Waals surface area contributed by atoms with Crippen molar-refractivity contribution in [3.63, 3.8) is 0 Å². The molecule has 2 heterocycles. The fourth-order valence-corrected chi connectivity index (χ4v) is 2.07. The Labute approximate surface area is 103 Å². The minimum Gasteiger partial charge on any atom is -0.339 e. The smallest absolute Gasteiger partial charge is 0.272 e. The molecular weight excluding hydrogens is 236 g/mol. The molecule has 0 saturated carbocycles. The largest absolute Gasteiger partial charge is 0.339 e. The lowest BCUT2D eigenvalue weighted by Crippen LogP contribution is -2.41. The summed E-state index contributed by atoms with van der Waals surface area (Å²) in [5, 5.41) is 5.62. The topological polar surface area (TPSA) is 67.8 Å². The van der Waals surface area contributed by atoms with Crippen molar-refractivity contribution in [1.29, 1.82) is 0 Å². The molecule has 0 aliphatic carbocycles. The van der Waals surface area contributed by atoms with E-state index in [1.54, 1.807) is 6.20 Å². The van der Waals surface area contributed by atoms with E-state index in [0.717, 1.165) is 5.01 Å². The first-order chi connectivity index (χ1) is 8.09. The Hall–Kier alpha value is -1.82. The Morgan fingerprint density at radius 3 is 2.71 bits per heavy atom. The number of carbonyl (C=O) groups is 1. The highest BCUT2D eigenvalue weighted by molar-refractivity contribution is 7.09. The zero-order valence-corrected chi connectivity index (χ0v) is 10.4. The number of hydrogen-bond acceptors (Lipinski definition) is 5. The van der Waals surface area contributed by atoms with Crippen LogP contribution in [0.4, 0.5) is 0 Å². The molecule has 0 aliphatic rings. The average Bonchev–Trinajstić information content (AvgIpc) is 2.84. The van der Waals surface area contributed by atoms with Gasteiger partial charge in [-0.05, 0) is 13.8 Å². The predicted molar refractivity (Wildman–Crippen MR) is 64.6 cm³/mol. The van der Waals surface area contributed by atoms with E-state index in [-0.39, 0.29) is 5.91 Å². The fraction of sp³-hybridized carbons (Fsp3) is 0.273. The van der Waals surface area contributed by atoms with Crippen molar-refractivity contribution in [2.24, 2.45) is 0 Å². The van der Waals surface area contributed by atoms with Crippen LogP contribution in [0.5, 0.6) is 0 Å². The summed E-state index contributed by atoms with van der Waals surface area (Å²) in [6.07, 6.45) is 6.18. The van der Waals surface area contributed by atoms with E-state index in [1.165, 1.54) is 29.9 Å². The van der Waals surface area contributed by atoms with Gasteiger partial charge in [-0.25, -0.2) is 9.97 Å². The van der Waals surface area contributed by atoms with Crippen LogP contribution in [0, 0.1) is 0 Å². The minimum absolute atomic E-state index is 0.252. The highest BCUT2D eigenvalue weighted by Crippen LogP contribution is 2.22. The van der Waals surface area contributed by atoms with Crippen molar-refractivity contribution >= 4 is 17.2 Å². The van der Waals surface area contributed by atoms with E-state index in [2.05, 4.69) is 20.3 Å². The van der Waals surface area contributed by atoms with Gasteiger partial charge in [0, 0.05) is 24.0 Å². The van der Waals surface area contributed by atoms with Crippen LogP contribution in [-0.4, -0.2) is 20.9 Å². The fourth-order valence-electron chi connectivity index (χ4n) is 1.35. The Kier molecular flexibility index (Phi) is 3.14. The average molecular weight is 248 g/mol. The molecule has 0 bridgehead atoms. The molecule has 1 N–H and O–H groups in total. The monoisotopic (exact) mass is 248 g/mol. The maximum Gasteiger partial charge on any atom is 0.272 e. The lowest BCUT2D eigenvalue weighted by Gasteiger charge is -2.23. The van der Waals surface area contributed by atoms with Crippen LogP contribution >= 0.6 is 11.3 Å². The van der Waals surface area contributed by atoms with Gasteiger partial charge in [0.15, 0.2) is 0 Å². The van der Waals surface area contributed by atoms with Gasteiger partial charge < -0.3 is 5.32 Å². The molecule has 88 valence electrons. The SMILES string of the molecule is CC(C)(NC(=O)c1cnccn1)c1nccs1. The molecule has 2 aromatic heterocycles. The Morgan fingerprint density at radius 1 is 1.29 bits per heavy atom. The zero-order valence-electron chi connectivity index (χ0n) is 9.54. The molecule has 0 unspecified atom stereocenters. The summed E-state index contributed by atoms with van der Waals surface area (Å²) < 4.78 is 0. The van der Waals surface area contributed by atoms with E-state index in [4.69, 9.17) is 0 Å². The second kappa shape index (κ2) is 4.58. The Bertz CT molecular complexity index is 495. The first-order valence-corrected chi connectivity index (χ1v) is 5.96. The molecule has 6 heteroatoms. The van der Waals surface area contributed by atoms with Crippen molar-refractivity contribution in [3.05, 3.63) is 40.9 Å². The van der Waals surface area contributed by atoms with Gasteiger partial charge in [-0.1, -0.05) is 0 Å². The summed E-state index contributed by atoms with van der Waals surface area (Å²) in [5.41, 5.74) is -0.208. The van der Waals surface area contributed by atoms with Gasteiger partial charge in [0.05, 0.1) is 11.7 Å². The first kappa shape index (κ1) is 11.7. The molecule has 2 rings (SSSR count). The van der Waals surface area contributed by atoms with Crippen molar-refractivity contribution in [2.45, 2.75) is 19.4 Å². The zero-order chi connectivity index (χ0) is 12.3. The lowest BCUT2D eigenvalue weighted by molar-refractivity contribution is 0.0906. The predicted octanol–water partition coefficient (Wildman–Crippen LogP) is 1.60. The van der Waals surface area contributed by atoms with Crippen molar-refractivity contribution in [3.8, 4) is 0 Å². The van der Waals surface area contributed by atoms with Crippen LogP contribution in [0.25, 0.3) is 0 Å². The lowest BCUT2D eigenvalue weighted by atomic mass is 10.1. The van der Waals surface area contributed by atoms with Crippen LogP contribution in [-0.2, 0) is 5.54 Å². The van der Waals surface area contributed by atoms with Crippen LogP contribution in [0.3, 0.4) is 0 Å². The van der Waals surface area contributed by atoms with E-state index >= 15 is 0 Å². The summed E-state index contributed by atoms with van der Waals surface area (Å²) in [6.45, 7) is 3.81. The van der Waals surface area contributed by atoms with Crippen molar-refractivity contribution < 1.29 is 4.79 Å². The molecule has 0 atom stereocenters. The number of hydrogen-bond donors (Lipinski definition) is 1. The van der Waals surface area contributed by atoms with Crippen LogP contribution in [0.15, 0.2) is 30.2 Å². The highest BCUT2D eigenvalue weighted by Gasteiger charge is 2.26. The summed E-state index contributed by atoms with van der Waals surface area (Å²) in [7, 11) is 0. The molecule has 0 spiro atoms. The van der Waals surface area contributed by atoms with E-state index in [1.807, 2.05) is 19.2 Å². The number of nitrogens with zero attached hydrogens (tertiary/aromatic N) is 3. The van der Waals surface area contributed by atoms with E-state index in [0.29, 0.717) is 5.69 Å². The summed E-state index contributed by atoms with van der Waals surface area (Å²) in [4.78, 5) is 23.9. The maximum absolute atomic E-state index is 11.9. The maximum atomic E-state index is 11.9. The second-order valence-electron chi connectivity index (χ2n) is 4.01. The van der Waals surface area contributed by atoms with Gasteiger partial charge >= 0.3 is 0 Å². The second-order valence-corrected chi connectivity index (χ2v) is 4.90. The third-order valence-corrected chi connectivity index (χ3v) is 3.29.